The highest BCUT2D eigenvalue weighted by atomic mass is 16.5. The average molecular weight is 315 g/mol. The molecule has 122 valence electrons. The molecule has 3 rings (SSSR count). The largest absolute Gasteiger partial charge is 0.467 e. The topological polar surface area (TPSA) is 67.6 Å². The number of carbonyl (C=O) groups excluding carboxylic acids is 1. The Kier molecular flexibility index (Phi) is 5.26. The molecule has 1 N–H and O–H groups in total. The van der Waals surface area contributed by atoms with Crippen LogP contribution < -0.4 is 5.32 Å². The average Bonchev–Trinajstić information content (AvgIpc) is 3.26. The minimum Gasteiger partial charge on any atom is -0.467 e. The molecule has 0 bridgehead atoms. The van der Waals surface area contributed by atoms with Crippen molar-refractivity contribution in [1.29, 1.82) is 0 Å². The molecule has 6 heteroatoms. The van der Waals surface area contributed by atoms with Gasteiger partial charge in [-0.2, -0.15) is 0 Å². The molecule has 1 atom stereocenters. The van der Waals surface area contributed by atoms with Crippen LogP contribution in [0.5, 0.6) is 0 Å². The van der Waals surface area contributed by atoms with E-state index in [0.29, 0.717) is 19.6 Å². The van der Waals surface area contributed by atoms with Gasteiger partial charge in [0.25, 0.3) is 0 Å². The van der Waals surface area contributed by atoms with E-state index in [4.69, 9.17) is 9.15 Å². The summed E-state index contributed by atoms with van der Waals surface area (Å²) in [7, 11) is 0. The van der Waals surface area contributed by atoms with E-state index in [-0.39, 0.29) is 12.1 Å². The third-order valence-corrected chi connectivity index (χ3v) is 3.80. The van der Waals surface area contributed by atoms with E-state index in [0.717, 1.165) is 30.9 Å². The summed E-state index contributed by atoms with van der Waals surface area (Å²) in [6.07, 6.45) is 5.52. The number of pyridine rings is 1. The van der Waals surface area contributed by atoms with E-state index >= 15 is 0 Å². The van der Waals surface area contributed by atoms with Crippen molar-refractivity contribution in [3.8, 4) is 0 Å². The normalized spacial score (nSPS) is 17.1. The maximum absolute atomic E-state index is 12.5. The quantitative estimate of drug-likeness (QED) is 0.889. The molecule has 6 nitrogen and oxygen atoms in total. The van der Waals surface area contributed by atoms with Gasteiger partial charge in [0.2, 0.25) is 0 Å². The fraction of sp³-hybridized carbons (Fsp3) is 0.412. The monoisotopic (exact) mass is 315 g/mol. The Balaban J connectivity index is 1.62. The van der Waals surface area contributed by atoms with Crippen molar-refractivity contribution in [2.45, 2.75) is 32.0 Å². The smallest absolute Gasteiger partial charge is 0.318 e. The Morgan fingerprint density at radius 3 is 2.96 bits per heavy atom. The molecule has 0 radical (unpaired) electrons. The second kappa shape index (κ2) is 7.78. The summed E-state index contributed by atoms with van der Waals surface area (Å²) in [5.41, 5.74) is 0.839. The van der Waals surface area contributed by atoms with Gasteiger partial charge in [0, 0.05) is 19.3 Å². The molecule has 23 heavy (non-hydrogen) atoms. The number of rotatable bonds is 6. The van der Waals surface area contributed by atoms with Crippen molar-refractivity contribution in [1.82, 2.24) is 15.2 Å². The third kappa shape index (κ3) is 4.56. The lowest BCUT2D eigenvalue weighted by Crippen LogP contribution is -2.42. The molecule has 1 aliphatic heterocycles. The molecule has 0 spiro atoms. The predicted octanol–water partition coefficient (Wildman–Crippen LogP) is 2.57. The molecular weight excluding hydrogens is 294 g/mol. The zero-order valence-electron chi connectivity index (χ0n) is 13.0. The molecular formula is C17H21N3O3. The molecule has 1 saturated heterocycles. The van der Waals surface area contributed by atoms with Crippen molar-refractivity contribution in [2.75, 3.05) is 13.2 Å². The second-order valence-corrected chi connectivity index (χ2v) is 5.58. The van der Waals surface area contributed by atoms with Gasteiger partial charge in [0.15, 0.2) is 0 Å². The first-order valence-corrected chi connectivity index (χ1v) is 7.88. The van der Waals surface area contributed by atoms with Crippen LogP contribution in [0.4, 0.5) is 4.79 Å². The highest BCUT2D eigenvalue weighted by Crippen LogP contribution is 2.12. The summed E-state index contributed by atoms with van der Waals surface area (Å²) in [6, 6.07) is 9.22. The van der Waals surface area contributed by atoms with Gasteiger partial charge in [-0.15, -0.1) is 0 Å². The van der Waals surface area contributed by atoms with Crippen LogP contribution in [-0.2, 0) is 17.8 Å². The fourth-order valence-electron chi connectivity index (χ4n) is 2.60. The Morgan fingerprint density at radius 1 is 1.30 bits per heavy atom. The van der Waals surface area contributed by atoms with Crippen molar-refractivity contribution in [2.24, 2.45) is 0 Å². The second-order valence-electron chi connectivity index (χ2n) is 5.58. The lowest BCUT2D eigenvalue weighted by molar-refractivity contribution is 0.108. The van der Waals surface area contributed by atoms with E-state index < -0.39 is 0 Å². The third-order valence-electron chi connectivity index (χ3n) is 3.80. The first-order valence-electron chi connectivity index (χ1n) is 7.88. The van der Waals surface area contributed by atoms with Crippen LogP contribution in [0.3, 0.4) is 0 Å². The van der Waals surface area contributed by atoms with Crippen LogP contribution in [0.2, 0.25) is 0 Å². The molecule has 2 aromatic heterocycles. The molecule has 0 aromatic carbocycles. The standard InChI is InChI=1S/C17H21N3O3/c21-17(19-11-15-6-3-9-22-15)20(13-16-7-4-10-23-16)12-14-5-1-2-8-18-14/h1-2,4-5,7-8,10,15H,3,6,9,11-13H2,(H,19,21)/t15-/m0/s1. The molecule has 2 aromatic rings. The lowest BCUT2D eigenvalue weighted by Gasteiger charge is -2.22. The zero-order valence-corrected chi connectivity index (χ0v) is 13.0. The molecule has 0 aliphatic carbocycles. The molecule has 3 heterocycles. The lowest BCUT2D eigenvalue weighted by atomic mass is 10.2. The number of nitrogens with one attached hydrogen (secondary N) is 1. The Bertz CT molecular complexity index is 595. The maximum Gasteiger partial charge on any atom is 0.318 e. The highest BCUT2D eigenvalue weighted by molar-refractivity contribution is 5.74. The van der Waals surface area contributed by atoms with Gasteiger partial charge in [0.05, 0.1) is 31.2 Å². The van der Waals surface area contributed by atoms with Crippen molar-refractivity contribution < 1.29 is 13.9 Å². The summed E-state index contributed by atoms with van der Waals surface area (Å²) in [5.74, 6) is 0.744. The van der Waals surface area contributed by atoms with Crippen LogP contribution in [-0.4, -0.2) is 35.2 Å². The van der Waals surface area contributed by atoms with Crippen molar-refractivity contribution >= 4 is 6.03 Å². The molecule has 0 saturated carbocycles. The van der Waals surface area contributed by atoms with Gasteiger partial charge >= 0.3 is 6.03 Å². The number of amides is 2. The van der Waals surface area contributed by atoms with E-state index in [1.165, 1.54) is 0 Å². The predicted molar refractivity (Wildman–Crippen MR) is 84.6 cm³/mol. The van der Waals surface area contributed by atoms with Gasteiger partial charge in [-0.05, 0) is 37.1 Å². The number of ether oxygens (including phenoxy) is 1. The van der Waals surface area contributed by atoms with Crippen LogP contribution in [0.1, 0.15) is 24.3 Å². The first-order chi connectivity index (χ1) is 11.3. The minimum atomic E-state index is -0.137. The van der Waals surface area contributed by atoms with Gasteiger partial charge in [0.1, 0.15) is 5.76 Å². The van der Waals surface area contributed by atoms with Gasteiger partial charge in [-0.1, -0.05) is 6.07 Å². The number of carbonyl (C=O) groups is 1. The van der Waals surface area contributed by atoms with Gasteiger partial charge < -0.3 is 19.4 Å². The summed E-state index contributed by atoms with van der Waals surface area (Å²) in [5, 5.41) is 2.95. The maximum atomic E-state index is 12.5. The molecule has 1 aliphatic rings. The SMILES string of the molecule is O=C(NC[C@@H]1CCCO1)N(Cc1ccccn1)Cc1ccco1. The first kappa shape index (κ1) is 15.6. The number of furan rings is 1. The molecule has 1 fully saturated rings. The molecule has 0 unspecified atom stereocenters. The van der Waals surface area contributed by atoms with Gasteiger partial charge in [-0.3, -0.25) is 4.98 Å². The Morgan fingerprint density at radius 2 is 2.26 bits per heavy atom. The summed E-state index contributed by atoms with van der Waals surface area (Å²) < 4.78 is 10.9. The van der Waals surface area contributed by atoms with Crippen LogP contribution >= 0.6 is 0 Å². The minimum absolute atomic E-state index is 0.124. The number of nitrogens with zero attached hydrogens (tertiary/aromatic N) is 2. The highest BCUT2D eigenvalue weighted by Gasteiger charge is 2.20. The van der Waals surface area contributed by atoms with Crippen LogP contribution in [0, 0.1) is 0 Å². The Labute approximate surface area is 135 Å². The number of aromatic nitrogens is 1. The number of hydrogen-bond donors (Lipinski definition) is 1. The van der Waals surface area contributed by atoms with Crippen LogP contribution in [0.15, 0.2) is 47.2 Å². The summed E-state index contributed by atoms with van der Waals surface area (Å²) in [6.45, 7) is 2.15. The van der Waals surface area contributed by atoms with Crippen molar-refractivity contribution in [3.63, 3.8) is 0 Å². The summed E-state index contributed by atoms with van der Waals surface area (Å²) in [4.78, 5) is 18.5. The van der Waals surface area contributed by atoms with Crippen LogP contribution in [0.25, 0.3) is 0 Å². The number of hydrogen-bond acceptors (Lipinski definition) is 4. The fourth-order valence-corrected chi connectivity index (χ4v) is 2.60. The van der Waals surface area contributed by atoms with E-state index in [1.807, 2.05) is 30.3 Å². The summed E-state index contributed by atoms with van der Waals surface area (Å²) >= 11 is 0. The van der Waals surface area contributed by atoms with E-state index in [1.54, 1.807) is 17.4 Å². The molecule has 2 amide bonds. The Hall–Kier alpha value is -2.34. The number of urea groups is 1. The van der Waals surface area contributed by atoms with Crippen molar-refractivity contribution in [3.05, 3.63) is 54.2 Å². The van der Waals surface area contributed by atoms with E-state index in [9.17, 15) is 4.79 Å². The zero-order chi connectivity index (χ0) is 15.9. The van der Waals surface area contributed by atoms with Gasteiger partial charge in [-0.25, -0.2) is 4.79 Å². The van der Waals surface area contributed by atoms with E-state index in [2.05, 4.69) is 10.3 Å².